The van der Waals surface area contributed by atoms with Crippen molar-refractivity contribution in [3.05, 3.63) is 236 Å². The number of benzene rings is 9. The quantitative estimate of drug-likeness (QED) is 0.160. The van der Waals surface area contributed by atoms with E-state index in [0.717, 1.165) is 61.6 Å². The van der Waals surface area contributed by atoms with E-state index in [0.29, 0.717) is 0 Å². The van der Waals surface area contributed by atoms with Crippen LogP contribution < -0.4 is 4.90 Å². The summed E-state index contributed by atoms with van der Waals surface area (Å²) in [5, 5.41) is 3.55. The van der Waals surface area contributed by atoms with Crippen molar-refractivity contribution >= 4 is 49.8 Å². The van der Waals surface area contributed by atoms with Crippen molar-refractivity contribution in [3.8, 4) is 50.3 Å². The Morgan fingerprint density at radius 3 is 1.84 bits per heavy atom. The maximum absolute atomic E-state index is 5.44. The number of para-hydroxylation sites is 3. The standard InChI is InChI=1S/C60H43N3/c1-60(2)54-24-14-13-23-49(54)50-34-32-48(39-55(50)60)62(45-19-8-4-9-20-45)47-30-26-41(27-31-47)52-37-43-18-12-15-25-56(43)61-59(52)44-28-33-51-53-36-42(40-16-6-3-7-17-40)29-35-57(53)63(58(51)38-44)46-21-10-5-11-22-46/h3-39H,1-2H3. The molecule has 0 saturated heterocycles. The molecule has 0 N–H and O–H groups in total. The van der Waals surface area contributed by atoms with Gasteiger partial charge in [-0.25, -0.2) is 4.98 Å². The Kier molecular flexibility index (Phi) is 8.52. The maximum Gasteiger partial charge on any atom is 0.0788 e. The molecule has 12 rings (SSSR count). The molecular formula is C60H43N3. The number of hydrogen-bond donors (Lipinski definition) is 0. The summed E-state index contributed by atoms with van der Waals surface area (Å²) in [6.45, 7) is 4.69. The van der Waals surface area contributed by atoms with Gasteiger partial charge in [-0.3, -0.25) is 0 Å². The molecule has 2 heterocycles. The molecule has 63 heavy (non-hydrogen) atoms. The predicted octanol–water partition coefficient (Wildman–Crippen LogP) is 16.1. The lowest BCUT2D eigenvalue weighted by atomic mass is 9.82. The summed E-state index contributed by atoms with van der Waals surface area (Å²) in [5.74, 6) is 0. The largest absolute Gasteiger partial charge is 0.310 e. The van der Waals surface area contributed by atoms with Crippen molar-refractivity contribution < 1.29 is 0 Å². The third kappa shape index (κ3) is 6.07. The zero-order valence-electron chi connectivity index (χ0n) is 35.2. The van der Waals surface area contributed by atoms with E-state index >= 15 is 0 Å². The average molecular weight is 806 g/mol. The molecule has 0 unspecified atom stereocenters. The van der Waals surface area contributed by atoms with Crippen molar-refractivity contribution in [1.82, 2.24) is 9.55 Å². The van der Waals surface area contributed by atoms with Gasteiger partial charge in [0, 0.05) is 55.5 Å². The first-order valence-corrected chi connectivity index (χ1v) is 21.8. The molecule has 1 aliphatic carbocycles. The Morgan fingerprint density at radius 1 is 0.397 bits per heavy atom. The summed E-state index contributed by atoms with van der Waals surface area (Å²) in [7, 11) is 0. The average Bonchev–Trinajstić information content (AvgIpc) is 3.79. The molecule has 0 amide bonds. The van der Waals surface area contributed by atoms with Gasteiger partial charge in [0.1, 0.15) is 0 Å². The minimum Gasteiger partial charge on any atom is -0.310 e. The van der Waals surface area contributed by atoms with Crippen molar-refractivity contribution in [2.45, 2.75) is 19.3 Å². The molecular weight excluding hydrogens is 763 g/mol. The molecule has 0 aliphatic heterocycles. The predicted molar refractivity (Wildman–Crippen MR) is 265 cm³/mol. The fraction of sp³-hybridized carbons (Fsp3) is 0.0500. The van der Waals surface area contributed by atoms with Crippen molar-refractivity contribution in [3.63, 3.8) is 0 Å². The molecule has 11 aromatic rings. The first-order chi connectivity index (χ1) is 31.0. The van der Waals surface area contributed by atoms with Crippen LogP contribution in [0.3, 0.4) is 0 Å². The number of aromatic nitrogens is 2. The number of rotatable bonds is 7. The minimum absolute atomic E-state index is 0.1000. The SMILES string of the molecule is CC1(C)c2ccccc2-c2ccc(N(c3ccccc3)c3ccc(-c4cc5ccccc5nc4-c4ccc5c6cc(-c7ccccc7)ccc6n(-c6ccccc6)c5c4)cc3)cc21. The number of fused-ring (bicyclic) bond motifs is 7. The van der Waals surface area contributed by atoms with E-state index in [1.165, 1.54) is 49.7 Å². The van der Waals surface area contributed by atoms with Gasteiger partial charge in [0.25, 0.3) is 0 Å². The normalized spacial score (nSPS) is 12.7. The molecule has 0 fully saturated rings. The summed E-state index contributed by atoms with van der Waals surface area (Å²) in [6, 6.07) is 81.4. The van der Waals surface area contributed by atoms with E-state index < -0.39 is 0 Å². The van der Waals surface area contributed by atoms with Crippen LogP contribution in [0, 0.1) is 0 Å². The summed E-state index contributed by atoms with van der Waals surface area (Å²) >= 11 is 0. The highest BCUT2D eigenvalue weighted by atomic mass is 15.1. The molecule has 0 atom stereocenters. The third-order valence-corrected chi connectivity index (χ3v) is 13.2. The van der Waals surface area contributed by atoms with E-state index in [9.17, 15) is 0 Å². The Hall–Kier alpha value is -8.01. The van der Waals surface area contributed by atoms with Crippen LogP contribution in [0.1, 0.15) is 25.0 Å². The van der Waals surface area contributed by atoms with Gasteiger partial charge in [0.15, 0.2) is 0 Å². The van der Waals surface area contributed by atoms with Crippen LogP contribution in [0.2, 0.25) is 0 Å². The molecule has 3 heteroatoms. The highest BCUT2D eigenvalue weighted by Gasteiger charge is 2.35. The monoisotopic (exact) mass is 805 g/mol. The second-order valence-electron chi connectivity index (χ2n) is 17.2. The lowest BCUT2D eigenvalue weighted by molar-refractivity contribution is 0.660. The van der Waals surface area contributed by atoms with E-state index in [4.69, 9.17) is 4.98 Å². The van der Waals surface area contributed by atoms with Gasteiger partial charge in [0.2, 0.25) is 0 Å². The topological polar surface area (TPSA) is 21.1 Å². The van der Waals surface area contributed by atoms with Gasteiger partial charge in [-0.15, -0.1) is 0 Å². The van der Waals surface area contributed by atoms with Crippen LogP contribution in [0.15, 0.2) is 224 Å². The van der Waals surface area contributed by atoms with Gasteiger partial charge in [-0.1, -0.05) is 159 Å². The van der Waals surface area contributed by atoms with E-state index in [2.05, 4.69) is 248 Å². The van der Waals surface area contributed by atoms with Crippen LogP contribution in [-0.4, -0.2) is 9.55 Å². The smallest absolute Gasteiger partial charge is 0.0788 e. The fourth-order valence-electron chi connectivity index (χ4n) is 10.0. The number of pyridine rings is 1. The highest BCUT2D eigenvalue weighted by Crippen LogP contribution is 2.51. The maximum atomic E-state index is 5.44. The first-order valence-electron chi connectivity index (χ1n) is 21.8. The van der Waals surface area contributed by atoms with Gasteiger partial charge in [-0.2, -0.15) is 0 Å². The lowest BCUT2D eigenvalue weighted by Crippen LogP contribution is -2.16. The second kappa shape index (κ2) is 14.6. The van der Waals surface area contributed by atoms with E-state index in [1.807, 2.05) is 0 Å². The number of hydrogen-bond acceptors (Lipinski definition) is 2. The zero-order chi connectivity index (χ0) is 42.1. The summed E-state index contributed by atoms with van der Waals surface area (Å²) in [5.41, 5.74) is 19.7. The van der Waals surface area contributed by atoms with E-state index in [-0.39, 0.29) is 5.41 Å². The molecule has 0 radical (unpaired) electrons. The Balaban J connectivity index is 0.999. The summed E-state index contributed by atoms with van der Waals surface area (Å²) < 4.78 is 2.40. The molecule has 3 nitrogen and oxygen atoms in total. The lowest BCUT2D eigenvalue weighted by Gasteiger charge is -2.28. The molecule has 2 aromatic heterocycles. The minimum atomic E-state index is -0.1000. The highest BCUT2D eigenvalue weighted by molar-refractivity contribution is 6.11. The first kappa shape index (κ1) is 36.8. The van der Waals surface area contributed by atoms with Crippen molar-refractivity contribution in [2.24, 2.45) is 0 Å². The van der Waals surface area contributed by atoms with Crippen LogP contribution in [0.4, 0.5) is 17.1 Å². The molecule has 0 spiro atoms. The third-order valence-electron chi connectivity index (χ3n) is 13.2. The fourth-order valence-corrected chi connectivity index (χ4v) is 10.0. The molecule has 1 aliphatic rings. The van der Waals surface area contributed by atoms with Gasteiger partial charge in [-0.05, 0) is 118 Å². The van der Waals surface area contributed by atoms with Gasteiger partial charge >= 0.3 is 0 Å². The Morgan fingerprint density at radius 2 is 1.03 bits per heavy atom. The summed E-state index contributed by atoms with van der Waals surface area (Å²) in [4.78, 5) is 7.81. The zero-order valence-corrected chi connectivity index (χ0v) is 35.2. The number of anilines is 3. The molecule has 0 bridgehead atoms. The van der Waals surface area contributed by atoms with Gasteiger partial charge in [0.05, 0.1) is 22.2 Å². The van der Waals surface area contributed by atoms with Crippen molar-refractivity contribution in [1.29, 1.82) is 0 Å². The Bertz CT molecular complexity index is 3510. The summed E-state index contributed by atoms with van der Waals surface area (Å²) in [6.07, 6.45) is 0. The molecule has 0 saturated carbocycles. The Labute approximate surface area is 367 Å². The van der Waals surface area contributed by atoms with Crippen LogP contribution in [0.25, 0.3) is 83.0 Å². The molecule has 298 valence electrons. The molecule has 9 aromatic carbocycles. The van der Waals surface area contributed by atoms with Crippen LogP contribution >= 0.6 is 0 Å². The van der Waals surface area contributed by atoms with Crippen molar-refractivity contribution in [2.75, 3.05) is 4.90 Å². The van der Waals surface area contributed by atoms with Crippen LogP contribution in [0.5, 0.6) is 0 Å². The van der Waals surface area contributed by atoms with Crippen LogP contribution in [-0.2, 0) is 5.41 Å². The van der Waals surface area contributed by atoms with E-state index in [1.54, 1.807) is 0 Å². The number of nitrogens with zero attached hydrogens (tertiary/aromatic N) is 3. The second-order valence-corrected chi connectivity index (χ2v) is 17.2. The van der Waals surface area contributed by atoms with Gasteiger partial charge < -0.3 is 9.47 Å².